The van der Waals surface area contributed by atoms with Gasteiger partial charge in [0.15, 0.2) is 0 Å². The number of hydrogen-bond acceptors (Lipinski definition) is 0. The van der Waals surface area contributed by atoms with Crippen molar-refractivity contribution in [2.24, 2.45) is 0 Å². The number of halogens is 3. The van der Waals surface area contributed by atoms with Gasteiger partial charge in [0.2, 0.25) is 0 Å². The minimum absolute atomic E-state index is 0. The molecule has 1 rings (SSSR count). The average molecular weight is 324 g/mol. The second-order valence-corrected chi connectivity index (χ2v) is 5.42. The predicted octanol–water partition coefficient (Wildman–Crippen LogP) is 2.31. The van der Waals surface area contributed by atoms with E-state index in [0.717, 1.165) is 4.16 Å². The van der Waals surface area contributed by atoms with Gasteiger partial charge in [0.25, 0.3) is 0 Å². The Morgan fingerprint density at radius 3 is 2.10 bits per heavy atom. The molecule has 0 aliphatic heterocycles. The van der Waals surface area contributed by atoms with Crippen LogP contribution in [0.1, 0.15) is 0 Å². The predicted molar refractivity (Wildman–Crippen MR) is 47.3 cm³/mol. The zero-order chi connectivity index (χ0) is 6.69. The Bertz CT molecular complexity index is 189. The first-order valence-electron chi connectivity index (χ1n) is 2.63. The largest absolute Gasteiger partial charge is 0.107 e. The molecule has 10 heavy (non-hydrogen) atoms. The van der Waals surface area contributed by atoms with Gasteiger partial charge >= 0.3 is 64.5 Å². The second kappa shape index (κ2) is 5.44. The van der Waals surface area contributed by atoms with Gasteiger partial charge < -0.3 is 0 Å². The third-order valence-corrected chi connectivity index (χ3v) is 4.31. The van der Waals surface area contributed by atoms with Crippen LogP contribution in [0.3, 0.4) is 0 Å². The van der Waals surface area contributed by atoms with E-state index in [-0.39, 0.29) is 29.8 Å². The van der Waals surface area contributed by atoms with Crippen LogP contribution in [0.2, 0.25) is 0 Å². The maximum Gasteiger partial charge on any atom is -0.107 e. The molecule has 0 aromatic heterocycles. The van der Waals surface area contributed by atoms with E-state index in [2.05, 4.69) is 0 Å². The first-order valence-corrected chi connectivity index (χ1v) is 8.01. The van der Waals surface area contributed by atoms with Crippen LogP contribution >= 0.6 is 33.7 Å². The van der Waals surface area contributed by atoms with Crippen LogP contribution in [-0.2, 0) is 16.1 Å². The molecular weight excluding hydrogens is 319 g/mol. The molecule has 0 unspecified atom stereocenters. The molecule has 0 aliphatic carbocycles. The first kappa shape index (κ1) is 10.8. The molecule has 0 bridgehead atoms. The van der Waals surface area contributed by atoms with Crippen molar-refractivity contribution in [2.45, 2.75) is 0 Å². The van der Waals surface area contributed by atoms with Gasteiger partial charge in [-0.2, -0.15) is 0 Å². The summed E-state index contributed by atoms with van der Waals surface area (Å²) in [4.78, 5) is 0. The molecule has 0 saturated heterocycles. The summed E-state index contributed by atoms with van der Waals surface area (Å²) in [6, 6.07) is 6.40. The summed E-state index contributed by atoms with van der Waals surface area (Å²) in [5.41, 5.74) is 0. The van der Waals surface area contributed by atoms with Crippen molar-refractivity contribution in [1.29, 1.82) is 0 Å². The third-order valence-electron chi connectivity index (χ3n) is 1.07. The monoisotopic (exact) mass is 322 g/mol. The summed E-state index contributed by atoms with van der Waals surface area (Å²) in [5, 5.41) is 0. The zero-order valence-electron chi connectivity index (χ0n) is 5.18. The quantitative estimate of drug-likeness (QED) is 0.549. The summed E-state index contributed by atoms with van der Waals surface area (Å²) >= 11 is -0.992. The number of rotatable bonds is 1. The topological polar surface area (TPSA) is 0 Å². The van der Waals surface area contributed by atoms with Gasteiger partial charge in [-0.3, -0.25) is 0 Å². The molecule has 0 atom stereocenters. The van der Waals surface area contributed by atoms with E-state index < -0.39 is 16.1 Å². The molecule has 0 amide bonds. The molecule has 0 aliphatic rings. The Morgan fingerprint density at radius 1 is 1.20 bits per heavy atom. The van der Waals surface area contributed by atoms with Gasteiger partial charge in [-0.05, 0) is 0 Å². The Kier molecular flexibility index (Phi) is 5.88. The van der Waals surface area contributed by atoms with Crippen LogP contribution in [0.15, 0.2) is 24.3 Å². The van der Waals surface area contributed by atoms with Crippen LogP contribution in [0.5, 0.6) is 0 Å². The molecule has 0 fully saturated rings. The molecular formula is C6H5ClFIZn. The molecule has 0 radical (unpaired) electrons. The van der Waals surface area contributed by atoms with Crippen molar-refractivity contribution < 1.29 is 20.5 Å². The summed E-state index contributed by atoms with van der Waals surface area (Å²) in [6.07, 6.45) is 0. The van der Waals surface area contributed by atoms with Crippen molar-refractivity contribution in [3.63, 3.8) is 0 Å². The van der Waals surface area contributed by atoms with Crippen molar-refractivity contribution in [3.8, 4) is 0 Å². The van der Waals surface area contributed by atoms with E-state index in [1.165, 1.54) is 12.1 Å². The molecule has 52 valence electrons. The van der Waals surface area contributed by atoms with Gasteiger partial charge in [0, 0.05) is 0 Å². The van der Waals surface area contributed by atoms with Gasteiger partial charge in [-0.15, -0.1) is 24.0 Å². The summed E-state index contributed by atoms with van der Waals surface area (Å²) in [6.45, 7) is 0. The SMILES string of the molecule is Fc1cc[c]([Zn][Cl])cc1.I. The fourth-order valence-corrected chi connectivity index (χ4v) is 2.37. The maximum absolute atomic E-state index is 12.2. The Hall–Kier alpha value is 0.793. The van der Waals surface area contributed by atoms with Crippen molar-refractivity contribution in [2.75, 3.05) is 0 Å². The molecule has 0 nitrogen and oxygen atoms in total. The van der Waals surface area contributed by atoms with E-state index >= 15 is 0 Å². The molecule has 0 spiro atoms. The normalized spacial score (nSPS) is 7.80. The molecule has 0 heterocycles. The van der Waals surface area contributed by atoms with E-state index in [9.17, 15) is 4.39 Å². The second-order valence-electron chi connectivity index (χ2n) is 1.76. The van der Waals surface area contributed by atoms with Crippen LogP contribution < -0.4 is 4.16 Å². The summed E-state index contributed by atoms with van der Waals surface area (Å²) < 4.78 is 13.3. The van der Waals surface area contributed by atoms with Crippen LogP contribution in [0.4, 0.5) is 4.39 Å². The minimum atomic E-state index is -0.992. The number of hydrogen-bond donors (Lipinski definition) is 0. The standard InChI is InChI=1S/C6H4F.ClH.HI.Zn/c7-6-4-2-1-3-5-6;;;/h2-5H;2*1H;/q;;;+1/p-1. The average Bonchev–Trinajstić information content (AvgIpc) is 1.90. The first-order chi connectivity index (χ1) is 4.33. The van der Waals surface area contributed by atoms with Gasteiger partial charge in [0.1, 0.15) is 0 Å². The van der Waals surface area contributed by atoms with Gasteiger partial charge in [-0.25, -0.2) is 0 Å². The summed E-state index contributed by atoms with van der Waals surface area (Å²) in [7, 11) is 5.64. The van der Waals surface area contributed by atoms with Crippen LogP contribution in [0.25, 0.3) is 0 Å². The summed E-state index contributed by atoms with van der Waals surface area (Å²) in [5.74, 6) is -0.189. The van der Waals surface area contributed by atoms with E-state index in [4.69, 9.17) is 9.69 Å². The Balaban J connectivity index is 0.000000810. The zero-order valence-corrected chi connectivity index (χ0v) is 11.2. The van der Waals surface area contributed by atoms with Crippen LogP contribution in [-0.4, -0.2) is 0 Å². The maximum atomic E-state index is 12.2. The van der Waals surface area contributed by atoms with Crippen LogP contribution in [0, 0.1) is 5.82 Å². The third kappa shape index (κ3) is 3.26. The van der Waals surface area contributed by atoms with Gasteiger partial charge in [0.05, 0.1) is 0 Å². The van der Waals surface area contributed by atoms with E-state index in [1.54, 1.807) is 12.1 Å². The molecule has 4 heteroatoms. The molecule has 1 aromatic carbocycles. The van der Waals surface area contributed by atoms with Gasteiger partial charge in [-0.1, -0.05) is 0 Å². The molecule has 1 aromatic rings. The van der Waals surface area contributed by atoms with E-state index in [0.29, 0.717) is 0 Å². The fourth-order valence-electron chi connectivity index (χ4n) is 0.573. The molecule has 0 N–H and O–H groups in total. The van der Waals surface area contributed by atoms with Crippen molar-refractivity contribution >= 4 is 37.8 Å². The van der Waals surface area contributed by atoms with Crippen molar-refractivity contribution in [1.82, 2.24) is 0 Å². The number of benzene rings is 1. The smallest absolute Gasteiger partial charge is 0.107 e. The minimum Gasteiger partial charge on any atom is -0.107 e. The Morgan fingerprint density at radius 2 is 1.70 bits per heavy atom. The fraction of sp³-hybridized carbons (Fsp3) is 0. The molecule has 0 saturated carbocycles. The Labute approximate surface area is 87.8 Å². The van der Waals surface area contributed by atoms with E-state index in [1.807, 2.05) is 0 Å². The van der Waals surface area contributed by atoms with Crippen molar-refractivity contribution in [3.05, 3.63) is 30.1 Å².